The molecule has 1 aliphatic rings. The molecule has 1 fully saturated rings. The highest BCUT2D eigenvalue weighted by Gasteiger charge is 2.34. The normalized spacial score (nSPS) is 16.1. The number of nitrogens with one attached hydrogen (secondary N) is 1. The fourth-order valence-corrected chi connectivity index (χ4v) is 2.54. The predicted octanol–water partition coefficient (Wildman–Crippen LogP) is 3.80. The molecule has 23 heavy (non-hydrogen) atoms. The Bertz CT molecular complexity index is 849. The maximum absolute atomic E-state index is 12.4. The van der Waals surface area contributed by atoms with Gasteiger partial charge in [0.25, 0.3) is 5.91 Å². The van der Waals surface area contributed by atoms with E-state index in [4.69, 9.17) is 23.2 Å². The highest BCUT2D eigenvalue weighted by molar-refractivity contribution is 6.33. The van der Waals surface area contributed by atoms with Gasteiger partial charge in [0.15, 0.2) is 0 Å². The van der Waals surface area contributed by atoms with Crippen LogP contribution < -0.4 is 10.2 Å². The first kappa shape index (κ1) is 15.4. The third-order valence-corrected chi connectivity index (χ3v) is 3.77. The number of imide groups is 1. The number of rotatable bonds is 2. The maximum atomic E-state index is 12.4. The van der Waals surface area contributed by atoms with E-state index in [9.17, 15) is 14.7 Å². The van der Waals surface area contributed by atoms with Gasteiger partial charge in [-0.05, 0) is 42.0 Å². The van der Waals surface area contributed by atoms with Gasteiger partial charge in [0.1, 0.15) is 11.4 Å². The summed E-state index contributed by atoms with van der Waals surface area (Å²) in [5, 5.41) is 12.5. The van der Waals surface area contributed by atoms with Crippen molar-refractivity contribution in [1.29, 1.82) is 0 Å². The van der Waals surface area contributed by atoms with Gasteiger partial charge in [-0.25, -0.2) is 9.69 Å². The van der Waals surface area contributed by atoms with Gasteiger partial charge in [0.2, 0.25) is 0 Å². The van der Waals surface area contributed by atoms with Crippen LogP contribution in [0.25, 0.3) is 6.08 Å². The van der Waals surface area contributed by atoms with Crippen molar-refractivity contribution in [3.8, 4) is 5.75 Å². The van der Waals surface area contributed by atoms with E-state index in [0.29, 0.717) is 16.3 Å². The summed E-state index contributed by atoms with van der Waals surface area (Å²) in [6, 6.07) is 10.4. The lowest BCUT2D eigenvalue weighted by atomic mass is 10.2. The monoisotopic (exact) mass is 348 g/mol. The van der Waals surface area contributed by atoms with Gasteiger partial charge >= 0.3 is 6.03 Å². The third-order valence-electron chi connectivity index (χ3n) is 3.23. The minimum Gasteiger partial charge on any atom is -0.506 e. The quantitative estimate of drug-likeness (QED) is 0.640. The molecular formula is C16H10Cl2N2O3. The Hall–Kier alpha value is -2.50. The predicted molar refractivity (Wildman–Crippen MR) is 88.6 cm³/mol. The topological polar surface area (TPSA) is 69.6 Å². The van der Waals surface area contributed by atoms with Crippen molar-refractivity contribution in [2.45, 2.75) is 0 Å². The molecule has 3 amide bonds. The maximum Gasteiger partial charge on any atom is 0.333 e. The molecule has 2 N–H and O–H groups in total. The van der Waals surface area contributed by atoms with E-state index < -0.39 is 11.9 Å². The highest BCUT2D eigenvalue weighted by Crippen LogP contribution is 2.27. The van der Waals surface area contributed by atoms with Crippen LogP contribution >= 0.6 is 23.2 Å². The van der Waals surface area contributed by atoms with E-state index in [-0.39, 0.29) is 16.5 Å². The second-order valence-electron chi connectivity index (χ2n) is 4.82. The molecule has 0 bridgehead atoms. The Labute approximate surface area is 141 Å². The van der Waals surface area contributed by atoms with Crippen LogP contribution in [0.1, 0.15) is 5.56 Å². The van der Waals surface area contributed by atoms with Gasteiger partial charge in [-0.15, -0.1) is 0 Å². The number of urea groups is 1. The average Bonchev–Trinajstić information content (AvgIpc) is 2.77. The van der Waals surface area contributed by atoms with Crippen LogP contribution in [0.3, 0.4) is 0 Å². The fourth-order valence-electron chi connectivity index (χ4n) is 2.16. The zero-order chi connectivity index (χ0) is 16.6. The van der Waals surface area contributed by atoms with E-state index in [1.165, 1.54) is 24.3 Å². The van der Waals surface area contributed by atoms with Crippen molar-refractivity contribution < 1.29 is 14.7 Å². The lowest BCUT2D eigenvalue weighted by Gasteiger charge is -2.11. The first-order valence-electron chi connectivity index (χ1n) is 6.57. The fraction of sp³-hybridized carbons (Fsp3) is 0. The summed E-state index contributed by atoms with van der Waals surface area (Å²) in [6.07, 6.45) is 1.48. The largest absolute Gasteiger partial charge is 0.506 e. The van der Waals surface area contributed by atoms with E-state index in [1.54, 1.807) is 24.3 Å². The zero-order valence-electron chi connectivity index (χ0n) is 11.6. The minimum absolute atomic E-state index is 0.0591. The second-order valence-corrected chi connectivity index (χ2v) is 5.66. The van der Waals surface area contributed by atoms with Gasteiger partial charge in [-0.3, -0.25) is 4.79 Å². The highest BCUT2D eigenvalue weighted by atomic mass is 35.5. The summed E-state index contributed by atoms with van der Waals surface area (Å²) in [5.74, 6) is -0.558. The molecule has 3 rings (SSSR count). The SMILES string of the molecule is O=C1N/C(=C/c2ccc(O)c(Cl)c2)C(=O)N1c1cccc(Cl)c1. The summed E-state index contributed by atoms with van der Waals surface area (Å²) >= 11 is 11.7. The van der Waals surface area contributed by atoms with Crippen molar-refractivity contribution in [2.24, 2.45) is 0 Å². The molecule has 5 nitrogen and oxygen atoms in total. The van der Waals surface area contributed by atoms with E-state index in [1.807, 2.05) is 0 Å². The van der Waals surface area contributed by atoms with Gasteiger partial charge in [0.05, 0.1) is 10.7 Å². The molecule has 7 heteroatoms. The molecule has 1 saturated heterocycles. The molecule has 0 aromatic heterocycles. The lowest BCUT2D eigenvalue weighted by molar-refractivity contribution is -0.113. The van der Waals surface area contributed by atoms with Gasteiger partial charge in [-0.1, -0.05) is 35.3 Å². The standard InChI is InChI=1S/C16H10Cl2N2O3/c17-10-2-1-3-11(8-10)20-15(22)13(19-16(20)23)7-9-4-5-14(21)12(18)6-9/h1-8,21H,(H,19,23)/b13-7+. The Balaban J connectivity index is 1.94. The number of benzene rings is 2. The summed E-state index contributed by atoms with van der Waals surface area (Å²) in [5.41, 5.74) is 1.06. The average molecular weight is 349 g/mol. The number of anilines is 1. The molecule has 2 aromatic rings. The van der Waals surface area contributed by atoms with Crippen LogP contribution in [-0.4, -0.2) is 17.0 Å². The summed E-state index contributed by atoms with van der Waals surface area (Å²) < 4.78 is 0. The Morgan fingerprint density at radius 2 is 1.87 bits per heavy atom. The van der Waals surface area contributed by atoms with E-state index in [2.05, 4.69) is 5.32 Å². The number of phenolic OH excluding ortho intramolecular Hbond substituents is 1. The van der Waals surface area contributed by atoms with Crippen molar-refractivity contribution in [2.75, 3.05) is 4.90 Å². The molecule has 2 aromatic carbocycles. The van der Waals surface area contributed by atoms with E-state index >= 15 is 0 Å². The second kappa shape index (κ2) is 5.95. The first-order chi connectivity index (χ1) is 11.0. The van der Waals surface area contributed by atoms with Crippen LogP contribution in [0.2, 0.25) is 10.0 Å². The Morgan fingerprint density at radius 3 is 2.57 bits per heavy atom. The van der Waals surface area contributed by atoms with Crippen LogP contribution in [0, 0.1) is 0 Å². The first-order valence-corrected chi connectivity index (χ1v) is 7.32. The third kappa shape index (κ3) is 3.02. The van der Waals surface area contributed by atoms with Crippen molar-refractivity contribution in [3.63, 3.8) is 0 Å². The molecule has 0 aliphatic carbocycles. The number of nitrogens with zero attached hydrogens (tertiary/aromatic N) is 1. The van der Waals surface area contributed by atoms with Crippen molar-refractivity contribution in [3.05, 3.63) is 63.8 Å². The number of hydrogen-bond acceptors (Lipinski definition) is 3. The van der Waals surface area contributed by atoms with Crippen LogP contribution in [0.5, 0.6) is 5.75 Å². The zero-order valence-corrected chi connectivity index (χ0v) is 13.1. The lowest BCUT2D eigenvalue weighted by Crippen LogP contribution is -2.30. The Morgan fingerprint density at radius 1 is 1.09 bits per heavy atom. The summed E-state index contributed by atoms with van der Waals surface area (Å²) in [6.45, 7) is 0. The molecule has 0 radical (unpaired) electrons. The number of amides is 3. The van der Waals surface area contributed by atoms with Crippen LogP contribution in [0.15, 0.2) is 48.2 Å². The molecule has 0 atom stereocenters. The van der Waals surface area contributed by atoms with Crippen LogP contribution in [0.4, 0.5) is 10.5 Å². The van der Waals surface area contributed by atoms with Gasteiger partial charge in [-0.2, -0.15) is 0 Å². The number of carbonyl (C=O) groups is 2. The molecule has 0 unspecified atom stereocenters. The van der Waals surface area contributed by atoms with Crippen molar-refractivity contribution >= 4 is 46.9 Å². The molecule has 1 heterocycles. The minimum atomic E-state index is -0.562. The molecular weight excluding hydrogens is 339 g/mol. The number of halogens is 2. The number of phenols is 1. The number of aromatic hydroxyl groups is 1. The Kier molecular flexibility index (Phi) is 3.98. The summed E-state index contributed by atoms with van der Waals surface area (Å²) in [7, 11) is 0. The van der Waals surface area contributed by atoms with Crippen molar-refractivity contribution in [1.82, 2.24) is 5.32 Å². The van der Waals surface area contributed by atoms with E-state index in [0.717, 1.165) is 4.90 Å². The molecule has 116 valence electrons. The van der Waals surface area contributed by atoms with Gasteiger partial charge < -0.3 is 10.4 Å². The molecule has 0 saturated carbocycles. The smallest absolute Gasteiger partial charge is 0.333 e. The van der Waals surface area contributed by atoms with Crippen LogP contribution in [-0.2, 0) is 4.79 Å². The number of carbonyl (C=O) groups excluding carboxylic acids is 2. The summed E-state index contributed by atoms with van der Waals surface area (Å²) in [4.78, 5) is 25.5. The molecule has 0 spiro atoms. The molecule has 1 aliphatic heterocycles. The van der Waals surface area contributed by atoms with Gasteiger partial charge in [0, 0.05) is 5.02 Å². The number of hydrogen-bond donors (Lipinski definition) is 2.